The molecule has 2 aliphatic heterocycles. The maximum absolute atomic E-state index is 13.4. The molecule has 0 unspecified atom stereocenters. The second kappa shape index (κ2) is 5.71. The minimum absolute atomic E-state index is 0.0776. The lowest BCUT2D eigenvalue weighted by Crippen LogP contribution is -2.48. The Morgan fingerprint density at radius 3 is 2.62 bits per heavy atom. The number of methoxy groups -OCH3 is 1. The highest BCUT2D eigenvalue weighted by Gasteiger charge is 2.60. The van der Waals surface area contributed by atoms with Crippen molar-refractivity contribution < 1.29 is 23.5 Å². The van der Waals surface area contributed by atoms with E-state index < -0.39 is 22.9 Å². The third kappa shape index (κ3) is 2.00. The van der Waals surface area contributed by atoms with Gasteiger partial charge in [-0.15, -0.1) is 0 Å². The number of carbonyl (C=O) groups is 2. The molecule has 1 amide bonds. The Balaban J connectivity index is 2.01. The van der Waals surface area contributed by atoms with E-state index in [-0.39, 0.29) is 28.4 Å². The number of benzene rings is 2. The van der Waals surface area contributed by atoms with E-state index in [2.05, 4.69) is 5.32 Å². The SMILES string of the molecule is COC(=O)C1=C(N)Oc2c(c(=O)oc3ccccc23)[C@@]12C(=O)Nc1ccccc12. The van der Waals surface area contributed by atoms with E-state index >= 15 is 0 Å². The summed E-state index contributed by atoms with van der Waals surface area (Å²) in [4.78, 5) is 39.2. The van der Waals surface area contributed by atoms with Crippen LogP contribution in [0.2, 0.25) is 0 Å². The fraction of sp³-hybridized carbons (Fsp3) is 0.0952. The van der Waals surface area contributed by atoms with E-state index in [0.717, 1.165) is 7.11 Å². The van der Waals surface area contributed by atoms with Crippen LogP contribution in [0.25, 0.3) is 11.0 Å². The van der Waals surface area contributed by atoms with E-state index in [0.29, 0.717) is 16.6 Å². The largest absolute Gasteiger partial charge is 0.465 e. The number of esters is 1. The first-order valence-electron chi connectivity index (χ1n) is 8.73. The molecule has 0 aliphatic carbocycles. The summed E-state index contributed by atoms with van der Waals surface area (Å²) in [5.41, 5.74) is 4.20. The molecule has 5 rings (SSSR count). The Labute approximate surface area is 163 Å². The molecule has 1 atom stereocenters. The molecule has 0 saturated carbocycles. The summed E-state index contributed by atoms with van der Waals surface area (Å²) in [6.45, 7) is 0. The molecule has 3 heterocycles. The predicted octanol–water partition coefficient (Wildman–Crippen LogP) is 1.77. The lowest BCUT2D eigenvalue weighted by molar-refractivity contribution is -0.138. The average Bonchev–Trinajstić information content (AvgIpc) is 3.00. The van der Waals surface area contributed by atoms with Gasteiger partial charge in [0, 0.05) is 11.3 Å². The molecule has 1 spiro atoms. The van der Waals surface area contributed by atoms with E-state index in [4.69, 9.17) is 19.6 Å². The minimum atomic E-state index is -1.86. The summed E-state index contributed by atoms with van der Waals surface area (Å²) in [7, 11) is 1.16. The number of amides is 1. The molecule has 2 aromatic carbocycles. The Kier molecular flexibility index (Phi) is 3.36. The second-order valence-corrected chi connectivity index (χ2v) is 6.67. The Hall–Kier alpha value is -4.07. The van der Waals surface area contributed by atoms with Gasteiger partial charge >= 0.3 is 11.6 Å². The summed E-state index contributed by atoms with van der Waals surface area (Å²) in [6.07, 6.45) is 0. The van der Waals surface area contributed by atoms with Gasteiger partial charge in [0.1, 0.15) is 22.1 Å². The maximum atomic E-state index is 13.4. The fourth-order valence-corrected chi connectivity index (χ4v) is 4.13. The summed E-state index contributed by atoms with van der Waals surface area (Å²) in [5.74, 6) is -1.73. The van der Waals surface area contributed by atoms with Gasteiger partial charge in [-0.05, 0) is 18.2 Å². The van der Waals surface area contributed by atoms with Crippen molar-refractivity contribution in [1.82, 2.24) is 0 Å². The quantitative estimate of drug-likeness (QED) is 0.480. The van der Waals surface area contributed by atoms with Gasteiger partial charge in [0.2, 0.25) is 11.8 Å². The van der Waals surface area contributed by atoms with Gasteiger partial charge in [-0.25, -0.2) is 9.59 Å². The summed E-state index contributed by atoms with van der Waals surface area (Å²) < 4.78 is 16.1. The number of carbonyl (C=O) groups excluding carboxylic acids is 2. The van der Waals surface area contributed by atoms with E-state index in [1.807, 2.05) is 0 Å². The van der Waals surface area contributed by atoms with Crippen molar-refractivity contribution >= 4 is 28.5 Å². The molecule has 3 aromatic rings. The number of hydrogen-bond acceptors (Lipinski definition) is 7. The van der Waals surface area contributed by atoms with Gasteiger partial charge in [-0.1, -0.05) is 30.3 Å². The number of nitrogens with two attached hydrogens (primary N) is 1. The first-order valence-corrected chi connectivity index (χ1v) is 8.73. The monoisotopic (exact) mass is 390 g/mol. The molecule has 0 radical (unpaired) electrons. The molecule has 0 fully saturated rings. The predicted molar refractivity (Wildman–Crippen MR) is 102 cm³/mol. The van der Waals surface area contributed by atoms with Crippen LogP contribution < -0.4 is 21.4 Å². The van der Waals surface area contributed by atoms with Crippen LogP contribution in [-0.2, 0) is 19.7 Å². The number of nitrogens with one attached hydrogen (secondary N) is 1. The van der Waals surface area contributed by atoms with Crippen LogP contribution in [0.3, 0.4) is 0 Å². The number of fused-ring (bicyclic) bond motifs is 6. The lowest BCUT2D eigenvalue weighted by Gasteiger charge is -2.34. The van der Waals surface area contributed by atoms with Crippen molar-refractivity contribution in [3.63, 3.8) is 0 Å². The van der Waals surface area contributed by atoms with Crippen LogP contribution in [0.1, 0.15) is 11.1 Å². The van der Waals surface area contributed by atoms with Crippen molar-refractivity contribution in [3.05, 3.63) is 81.5 Å². The first-order chi connectivity index (χ1) is 14.0. The summed E-state index contributed by atoms with van der Waals surface area (Å²) >= 11 is 0. The maximum Gasteiger partial charge on any atom is 0.345 e. The number of ether oxygens (including phenoxy) is 2. The topological polar surface area (TPSA) is 121 Å². The van der Waals surface area contributed by atoms with Crippen LogP contribution in [0.15, 0.2) is 69.2 Å². The molecule has 1 aromatic heterocycles. The highest BCUT2D eigenvalue weighted by Crippen LogP contribution is 2.53. The van der Waals surface area contributed by atoms with E-state index in [1.54, 1.807) is 48.5 Å². The molecule has 0 bridgehead atoms. The molecule has 144 valence electrons. The Morgan fingerprint density at radius 1 is 1.10 bits per heavy atom. The zero-order chi connectivity index (χ0) is 20.3. The first kappa shape index (κ1) is 17.1. The molecular weight excluding hydrogens is 376 g/mol. The van der Waals surface area contributed by atoms with Crippen molar-refractivity contribution in [2.24, 2.45) is 5.73 Å². The minimum Gasteiger partial charge on any atom is -0.465 e. The van der Waals surface area contributed by atoms with E-state index in [1.165, 1.54) is 0 Å². The lowest BCUT2D eigenvalue weighted by atomic mass is 9.68. The number of para-hydroxylation sites is 2. The number of anilines is 1. The molecule has 8 heteroatoms. The van der Waals surface area contributed by atoms with Crippen molar-refractivity contribution in [2.75, 3.05) is 12.4 Å². The highest BCUT2D eigenvalue weighted by molar-refractivity contribution is 6.17. The number of rotatable bonds is 1. The summed E-state index contributed by atoms with van der Waals surface area (Å²) in [6, 6.07) is 13.5. The molecule has 29 heavy (non-hydrogen) atoms. The average molecular weight is 390 g/mol. The third-order valence-corrected chi connectivity index (χ3v) is 5.28. The third-order valence-electron chi connectivity index (χ3n) is 5.28. The van der Waals surface area contributed by atoms with Crippen LogP contribution in [-0.4, -0.2) is 19.0 Å². The van der Waals surface area contributed by atoms with Crippen LogP contribution >= 0.6 is 0 Å². The van der Waals surface area contributed by atoms with Gasteiger partial charge in [0.25, 0.3) is 0 Å². The van der Waals surface area contributed by atoms with Crippen LogP contribution in [0.4, 0.5) is 5.69 Å². The molecule has 8 nitrogen and oxygen atoms in total. The van der Waals surface area contributed by atoms with Crippen LogP contribution in [0.5, 0.6) is 5.75 Å². The molecule has 0 saturated heterocycles. The van der Waals surface area contributed by atoms with Gasteiger partial charge in [0.05, 0.1) is 12.5 Å². The van der Waals surface area contributed by atoms with Crippen molar-refractivity contribution in [3.8, 4) is 5.75 Å². The van der Waals surface area contributed by atoms with Gasteiger partial charge in [0.15, 0.2) is 5.75 Å². The summed E-state index contributed by atoms with van der Waals surface area (Å²) in [5, 5.41) is 3.18. The standard InChI is InChI=1S/C21H14N2O6/c1-27-18(24)15-17(22)29-16-10-6-2-5-9-13(10)28-19(25)14(16)21(15)11-7-3-4-8-12(11)23-20(21)26/h2-9H,22H2,1H3,(H,23,26)/t21-/m1/s1. The number of hydrogen-bond donors (Lipinski definition) is 2. The van der Waals surface area contributed by atoms with Gasteiger partial charge in [-0.2, -0.15) is 0 Å². The van der Waals surface area contributed by atoms with Crippen molar-refractivity contribution in [2.45, 2.75) is 5.41 Å². The van der Waals surface area contributed by atoms with Crippen LogP contribution in [0, 0.1) is 0 Å². The van der Waals surface area contributed by atoms with Gasteiger partial charge in [-0.3, -0.25) is 4.79 Å². The molecule has 2 aliphatic rings. The zero-order valence-electron chi connectivity index (χ0n) is 15.1. The fourth-order valence-electron chi connectivity index (χ4n) is 4.13. The zero-order valence-corrected chi connectivity index (χ0v) is 15.1. The Bertz CT molecular complexity index is 1320. The normalized spacial score (nSPS) is 19.6. The van der Waals surface area contributed by atoms with Gasteiger partial charge < -0.3 is 24.9 Å². The molecule has 3 N–H and O–H groups in total. The second-order valence-electron chi connectivity index (χ2n) is 6.67. The Morgan fingerprint density at radius 2 is 1.83 bits per heavy atom. The van der Waals surface area contributed by atoms with E-state index in [9.17, 15) is 14.4 Å². The van der Waals surface area contributed by atoms with Crippen molar-refractivity contribution in [1.29, 1.82) is 0 Å². The molecular formula is C21H14N2O6. The highest BCUT2D eigenvalue weighted by atomic mass is 16.5. The smallest absolute Gasteiger partial charge is 0.345 e.